The molecule has 0 bridgehead atoms. The average Bonchev–Trinajstić information content (AvgIpc) is 3.44. The highest BCUT2D eigenvalue weighted by molar-refractivity contribution is 5.79. The molecule has 1 saturated carbocycles. The van der Waals surface area contributed by atoms with Crippen molar-refractivity contribution in [2.45, 2.75) is 24.8 Å². The van der Waals surface area contributed by atoms with Gasteiger partial charge < -0.3 is 15.4 Å². The molecule has 4 heteroatoms. The molecule has 1 aliphatic carbocycles. The summed E-state index contributed by atoms with van der Waals surface area (Å²) in [5, 5.41) is 6.85. The van der Waals surface area contributed by atoms with E-state index in [2.05, 4.69) is 52.0 Å². The first kappa shape index (κ1) is 16.4. The maximum absolute atomic E-state index is 5.26. The number of benzene rings is 2. The van der Waals surface area contributed by atoms with Crippen molar-refractivity contribution in [1.29, 1.82) is 0 Å². The summed E-state index contributed by atoms with van der Waals surface area (Å²) in [5.41, 5.74) is 2.86. The summed E-state index contributed by atoms with van der Waals surface area (Å²) in [7, 11) is 3.49. The Bertz CT molecular complexity index is 693. The van der Waals surface area contributed by atoms with E-state index in [9.17, 15) is 0 Å². The first-order valence-corrected chi connectivity index (χ1v) is 8.39. The van der Waals surface area contributed by atoms with Crippen LogP contribution in [-0.2, 0) is 12.0 Å². The molecular weight excluding hydrogens is 298 g/mol. The van der Waals surface area contributed by atoms with Crippen LogP contribution in [0.3, 0.4) is 0 Å². The van der Waals surface area contributed by atoms with E-state index in [1.54, 1.807) is 7.11 Å². The molecule has 0 amide bonds. The van der Waals surface area contributed by atoms with Gasteiger partial charge in [-0.3, -0.25) is 4.99 Å². The lowest BCUT2D eigenvalue weighted by molar-refractivity contribution is 0.414. The Labute approximate surface area is 144 Å². The van der Waals surface area contributed by atoms with E-state index in [1.807, 2.05) is 25.2 Å². The number of aliphatic imine (C=N–C) groups is 1. The van der Waals surface area contributed by atoms with Gasteiger partial charge in [0.1, 0.15) is 5.75 Å². The molecule has 0 atom stereocenters. The standard InChI is InChI=1S/C20H25N3O/c1-21-19(22-14-16-7-6-10-18(13-16)24-2)23-15-20(11-12-20)17-8-4-3-5-9-17/h3-10,13H,11-12,14-15H2,1-2H3,(H2,21,22,23). The second kappa shape index (κ2) is 7.39. The summed E-state index contributed by atoms with van der Waals surface area (Å²) < 4.78 is 5.26. The van der Waals surface area contributed by atoms with Crippen molar-refractivity contribution in [2.24, 2.45) is 4.99 Å². The predicted molar refractivity (Wildman–Crippen MR) is 98.5 cm³/mol. The third kappa shape index (κ3) is 3.88. The highest BCUT2D eigenvalue weighted by Gasteiger charge is 2.43. The van der Waals surface area contributed by atoms with Crippen molar-refractivity contribution in [1.82, 2.24) is 10.6 Å². The predicted octanol–water partition coefficient (Wildman–Crippen LogP) is 3.09. The van der Waals surface area contributed by atoms with Gasteiger partial charge >= 0.3 is 0 Å². The maximum Gasteiger partial charge on any atom is 0.191 e. The van der Waals surface area contributed by atoms with Gasteiger partial charge in [-0.15, -0.1) is 0 Å². The second-order valence-electron chi connectivity index (χ2n) is 6.28. The van der Waals surface area contributed by atoms with E-state index in [4.69, 9.17) is 4.74 Å². The van der Waals surface area contributed by atoms with Gasteiger partial charge in [0.25, 0.3) is 0 Å². The molecule has 0 heterocycles. The van der Waals surface area contributed by atoms with E-state index in [1.165, 1.54) is 24.0 Å². The molecule has 1 fully saturated rings. The fraction of sp³-hybridized carbons (Fsp3) is 0.350. The van der Waals surface area contributed by atoms with Crippen LogP contribution in [0.15, 0.2) is 59.6 Å². The van der Waals surface area contributed by atoms with Gasteiger partial charge in [-0.25, -0.2) is 0 Å². The highest BCUT2D eigenvalue weighted by Crippen LogP contribution is 2.47. The Kier molecular flexibility index (Phi) is 5.04. The zero-order chi connectivity index (χ0) is 16.8. The van der Waals surface area contributed by atoms with Crippen LogP contribution in [0.5, 0.6) is 5.75 Å². The average molecular weight is 323 g/mol. The minimum atomic E-state index is 0.273. The Hall–Kier alpha value is -2.49. The van der Waals surface area contributed by atoms with Crippen LogP contribution >= 0.6 is 0 Å². The number of ether oxygens (including phenoxy) is 1. The van der Waals surface area contributed by atoms with E-state index in [-0.39, 0.29) is 5.41 Å². The Morgan fingerprint density at radius 2 is 1.88 bits per heavy atom. The molecule has 4 nitrogen and oxygen atoms in total. The second-order valence-corrected chi connectivity index (χ2v) is 6.28. The summed E-state index contributed by atoms with van der Waals surface area (Å²) in [6, 6.07) is 18.8. The summed E-state index contributed by atoms with van der Waals surface area (Å²) in [4.78, 5) is 4.33. The molecule has 24 heavy (non-hydrogen) atoms. The zero-order valence-corrected chi connectivity index (χ0v) is 14.4. The minimum Gasteiger partial charge on any atom is -0.497 e. The largest absolute Gasteiger partial charge is 0.497 e. The number of methoxy groups -OCH3 is 1. The van der Waals surface area contributed by atoms with Crippen molar-refractivity contribution >= 4 is 5.96 Å². The van der Waals surface area contributed by atoms with Crippen LogP contribution in [0.25, 0.3) is 0 Å². The van der Waals surface area contributed by atoms with Gasteiger partial charge in [0.15, 0.2) is 5.96 Å². The Morgan fingerprint density at radius 1 is 1.08 bits per heavy atom. The van der Waals surface area contributed by atoms with Crippen LogP contribution in [-0.4, -0.2) is 26.7 Å². The van der Waals surface area contributed by atoms with Crippen molar-refractivity contribution < 1.29 is 4.74 Å². The number of rotatable bonds is 6. The molecule has 126 valence electrons. The zero-order valence-electron chi connectivity index (χ0n) is 14.4. The van der Waals surface area contributed by atoms with Gasteiger partial charge in [-0.2, -0.15) is 0 Å². The fourth-order valence-corrected chi connectivity index (χ4v) is 2.95. The lowest BCUT2D eigenvalue weighted by Gasteiger charge is -2.19. The Balaban J connectivity index is 1.54. The van der Waals surface area contributed by atoms with Crippen LogP contribution in [0.2, 0.25) is 0 Å². The maximum atomic E-state index is 5.26. The van der Waals surface area contributed by atoms with E-state index < -0.39 is 0 Å². The van der Waals surface area contributed by atoms with Gasteiger partial charge in [-0.05, 0) is 36.1 Å². The fourth-order valence-electron chi connectivity index (χ4n) is 2.95. The van der Waals surface area contributed by atoms with Crippen molar-refractivity contribution in [2.75, 3.05) is 20.7 Å². The van der Waals surface area contributed by atoms with E-state index in [0.29, 0.717) is 0 Å². The quantitative estimate of drug-likeness (QED) is 0.634. The molecule has 0 unspecified atom stereocenters. The molecule has 0 saturated heterocycles. The molecule has 2 aromatic carbocycles. The number of hydrogen-bond donors (Lipinski definition) is 2. The lowest BCUT2D eigenvalue weighted by atomic mass is 9.96. The van der Waals surface area contributed by atoms with Gasteiger partial charge in [0, 0.05) is 25.6 Å². The first-order chi connectivity index (χ1) is 11.8. The van der Waals surface area contributed by atoms with Gasteiger partial charge in [-0.1, -0.05) is 42.5 Å². The van der Waals surface area contributed by atoms with Gasteiger partial charge in [0.05, 0.1) is 7.11 Å². The summed E-state index contributed by atoms with van der Waals surface area (Å²) in [6.45, 7) is 1.63. The number of guanidine groups is 1. The van der Waals surface area contributed by atoms with Crippen LogP contribution in [0.1, 0.15) is 24.0 Å². The van der Waals surface area contributed by atoms with Gasteiger partial charge in [0.2, 0.25) is 0 Å². The molecule has 1 aliphatic rings. The molecule has 0 radical (unpaired) electrons. The summed E-state index contributed by atoms with van der Waals surface area (Å²) in [6.07, 6.45) is 2.47. The molecule has 2 N–H and O–H groups in total. The minimum absolute atomic E-state index is 0.273. The lowest BCUT2D eigenvalue weighted by Crippen LogP contribution is -2.40. The normalized spacial score (nSPS) is 15.7. The molecule has 2 aromatic rings. The third-order valence-electron chi connectivity index (χ3n) is 4.65. The van der Waals surface area contributed by atoms with E-state index in [0.717, 1.165) is 24.8 Å². The molecule has 0 aromatic heterocycles. The van der Waals surface area contributed by atoms with Crippen LogP contribution in [0, 0.1) is 0 Å². The number of hydrogen-bond acceptors (Lipinski definition) is 2. The smallest absolute Gasteiger partial charge is 0.191 e. The van der Waals surface area contributed by atoms with Crippen molar-refractivity contribution in [3.05, 3.63) is 65.7 Å². The number of nitrogens with zero attached hydrogens (tertiary/aromatic N) is 1. The van der Waals surface area contributed by atoms with Crippen LogP contribution in [0.4, 0.5) is 0 Å². The third-order valence-corrected chi connectivity index (χ3v) is 4.65. The molecule has 3 rings (SSSR count). The summed E-state index contributed by atoms with van der Waals surface area (Å²) >= 11 is 0. The molecule has 0 spiro atoms. The molecule has 0 aliphatic heterocycles. The highest BCUT2D eigenvalue weighted by atomic mass is 16.5. The monoisotopic (exact) mass is 323 g/mol. The van der Waals surface area contributed by atoms with Crippen molar-refractivity contribution in [3.8, 4) is 5.75 Å². The number of nitrogens with one attached hydrogen (secondary N) is 2. The van der Waals surface area contributed by atoms with Crippen LogP contribution < -0.4 is 15.4 Å². The van der Waals surface area contributed by atoms with Crippen molar-refractivity contribution in [3.63, 3.8) is 0 Å². The first-order valence-electron chi connectivity index (χ1n) is 8.39. The SMILES string of the molecule is CN=C(NCc1cccc(OC)c1)NCC1(c2ccccc2)CC1. The topological polar surface area (TPSA) is 45.7 Å². The summed E-state index contributed by atoms with van der Waals surface area (Å²) in [5.74, 6) is 1.71. The van der Waals surface area contributed by atoms with E-state index >= 15 is 0 Å². The Morgan fingerprint density at radius 3 is 2.54 bits per heavy atom. The molecular formula is C20H25N3O.